The topological polar surface area (TPSA) is 54.4 Å². The molecule has 1 aromatic carbocycles. The average Bonchev–Trinajstić information content (AvgIpc) is 2.69. The smallest absolute Gasteiger partial charge is 0.282 e. The minimum absolute atomic E-state index is 0.0238. The fourth-order valence-electron chi connectivity index (χ4n) is 2.17. The molecule has 1 saturated carbocycles. The Morgan fingerprint density at radius 2 is 1.60 bits per heavy atom. The zero-order valence-electron chi connectivity index (χ0n) is 8.39. The second-order valence-corrected chi connectivity index (χ2v) is 5.45. The molecule has 0 amide bonds. The third-order valence-electron chi connectivity index (χ3n) is 3.00. The van der Waals surface area contributed by atoms with Crippen LogP contribution in [0.4, 0.5) is 0 Å². The quantitative estimate of drug-likeness (QED) is 0.788. The first kappa shape index (κ1) is 10.6. The van der Waals surface area contributed by atoms with Crippen LogP contribution in [0.5, 0.6) is 0 Å². The third kappa shape index (κ3) is 2.38. The van der Waals surface area contributed by atoms with Gasteiger partial charge in [-0.05, 0) is 36.5 Å². The molecule has 1 fully saturated rings. The summed E-state index contributed by atoms with van der Waals surface area (Å²) in [6.07, 6.45) is 4.88. The lowest BCUT2D eigenvalue weighted by atomic mass is 9.98. The third-order valence-corrected chi connectivity index (χ3v) is 3.87. The van der Waals surface area contributed by atoms with Crippen LogP contribution in [0.15, 0.2) is 29.2 Å². The Morgan fingerprint density at radius 3 is 2.07 bits per heavy atom. The molecule has 4 heteroatoms. The SMILES string of the molecule is O=S(=O)(O)c1ccc(C2CCCC2)cc1. The van der Waals surface area contributed by atoms with Gasteiger partial charge in [0.25, 0.3) is 10.1 Å². The largest absolute Gasteiger partial charge is 0.294 e. The average molecular weight is 226 g/mol. The van der Waals surface area contributed by atoms with E-state index >= 15 is 0 Å². The number of rotatable bonds is 2. The van der Waals surface area contributed by atoms with Crippen LogP contribution >= 0.6 is 0 Å². The monoisotopic (exact) mass is 226 g/mol. The second kappa shape index (κ2) is 3.94. The first-order valence-electron chi connectivity index (χ1n) is 5.15. The summed E-state index contributed by atoms with van der Waals surface area (Å²) in [4.78, 5) is -0.0238. The van der Waals surface area contributed by atoms with Crippen molar-refractivity contribution in [1.29, 1.82) is 0 Å². The van der Waals surface area contributed by atoms with Crippen molar-refractivity contribution in [3.63, 3.8) is 0 Å². The Balaban J connectivity index is 2.24. The molecule has 0 unspecified atom stereocenters. The van der Waals surface area contributed by atoms with Crippen LogP contribution in [0.2, 0.25) is 0 Å². The molecule has 0 atom stereocenters. The van der Waals surface area contributed by atoms with E-state index in [0.717, 1.165) is 0 Å². The summed E-state index contributed by atoms with van der Waals surface area (Å²) in [6.45, 7) is 0. The predicted octanol–water partition coefficient (Wildman–Crippen LogP) is 2.59. The molecule has 0 aliphatic heterocycles. The van der Waals surface area contributed by atoms with Crippen LogP contribution in [-0.4, -0.2) is 13.0 Å². The van der Waals surface area contributed by atoms with Crippen LogP contribution < -0.4 is 0 Å². The van der Waals surface area contributed by atoms with E-state index in [1.807, 2.05) is 0 Å². The lowest BCUT2D eigenvalue weighted by Gasteiger charge is -2.09. The molecule has 3 nitrogen and oxygen atoms in total. The molecule has 0 spiro atoms. The highest BCUT2D eigenvalue weighted by atomic mass is 32.2. The molecule has 1 aliphatic carbocycles. The number of hydrogen-bond donors (Lipinski definition) is 1. The van der Waals surface area contributed by atoms with Crippen LogP contribution in [0, 0.1) is 0 Å². The minimum Gasteiger partial charge on any atom is -0.282 e. The summed E-state index contributed by atoms with van der Waals surface area (Å²) in [5, 5.41) is 0. The van der Waals surface area contributed by atoms with E-state index in [2.05, 4.69) is 0 Å². The normalized spacial score (nSPS) is 18.2. The maximum atomic E-state index is 10.8. The van der Waals surface area contributed by atoms with Crippen molar-refractivity contribution in [2.75, 3.05) is 0 Å². The van der Waals surface area contributed by atoms with Gasteiger partial charge in [0.1, 0.15) is 0 Å². The molecule has 82 valence electrons. The maximum Gasteiger partial charge on any atom is 0.294 e. The van der Waals surface area contributed by atoms with E-state index in [1.54, 1.807) is 12.1 Å². The van der Waals surface area contributed by atoms with Crippen molar-refractivity contribution in [2.24, 2.45) is 0 Å². The Kier molecular flexibility index (Phi) is 2.80. The lowest BCUT2D eigenvalue weighted by molar-refractivity contribution is 0.483. The summed E-state index contributed by atoms with van der Waals surface area (Å²) in [5.74, 6) is 0.570. The molecule has 15 heavy (non-hydrogen) atoms. The van der Waals surface area contributed by atoms with Crippen molar-refractivity contribution in [1.82, 2.24) is 0 Å². The highest BCUT2D eigenvalue weighted by molar-refractivity contribution is 7.85. The van der Waals surface area contributed by atoms with Gasteiger partial charge in [-0.3, -0.25) is 4.55 Å². The molecule has 1 aliphatic rings. The van der Waals surface area contributed by atoms with Crippen LogP contribution in [0.3, 0.4) is 0 Å². The maximum absolute atomic E-state index is 10.8. The Labute approximate surface area is 89.9 Å². The molecule has 0 bridgehead atoms. The van der Waals surface area contributed by atoms with E-state index in [-0.39, 0.29) is 4.90 Å². The van der Waals surface area contributed by atoms with E-state index < -0.39 is 10.1 Å². The van der Waals surface area contributed by atoms with Gasteiger partial charge < -0.3 is 0 Å². The van der Waals surface area contributed by atoms with Crippen LogP contribution in [0.25, 0.3) is 0 Å². The molecule has 0 aromatic heterocycles. The summed E-state index contributed by atoms with van der Waals surface area (Å²) < 4.78 is 30.5. The van der Waals surface area contributed by atoms with Gasteiger partial charge in [-0.2, -0.15) is 8.42 Å². The van der Waals surface area contributed by atoms with Crippen molar-refractivity contribution in [3.8, 4) is 0 Å². The van der Waals surface area contributed by atoms with Crippen LogP contribution in [0.1, 0.15) is 37.2 Å². The van der Waals surface area contributed by atoms with Crippen molar-refractivity contribution in [2.45, 2.75) is 36.5 Å². The molecule has 1 aromatic rings. The molecule has 0 saturated heterocycles. The zero-order chi connectivity index (χ0) is 10.9. The van der Waals surface area contributed by atoms with Crippen LogP contribution in [-0.2, 0) is 10.1 Å². The summed E-state index contributed by atoms with van der Waals surface area (Å²) in [7, 11) is -4.04. The Bertz CT molecular complexity index is 427. The van der Waals surface area contributed by atoms with Gasteiger partial charge in [-0.1, -0.05) is 25.0 Å². The van der Waals surface area contributed by atoms with Crippen molar-refractivity contribution in [3.05, 3.63) is 29.8 Å². The van der Waals surface area contributed by atoms with Gasteiger partial charge in [0.05, 0.1) is 4.90 Å². The zero-order valence-corrected chi connectivity index (χ0v) is 9.20. The van der Waals surface area contributed by atoms with Crippen molar-refractivity contribution >= 4 is 10.1 Å². The lowest BCUT2D eigenvalue weighted by Crippen LogP contribution is -1.99. The fraction of sp³-hybridized carbons (Fsp3) is 0.455. The first-order valence-corrected chi connectivity index (χ1v) is 6.59. The highest BCUT2D eigenvalue weighted by Gasteiger charge is 2.17. The Morgan fingerprint density at radius 1 is 1.07 bits per heavy atom. The molecule has 0 heterocycles. The van der Waals surface area contributed by atoms with E-state index in [9.17, 15) is 8.42 Å². The first-order chi connectivity index (χ1) is 7.07. The molecule has 2 rings (SSSR count). The number of hydrogen-bond acceptors (Lipinski definition) is 2. The number of benzene rings is 1. The molecule has 0 radical (unpaired) electrons. The van der Waals surface area contributed by atoms with Crippen molar-refractivity contribution < 1.29 is 13.0 Å². The Hall–Kier alpha value is -0.870. The van der Waals surface area contributed by atoms with Gasteiger partial charge in [-0.25, -0.2) is 0 Å². The fourth-order valence-corrected chi connectivity index (χ4v) is 2.65. The standard InChI is InChI=1S/C11H14O3S/c12-15(13,14)11-7-5-10(6-8-11)9-3-1-2-4-9/h5-9H,1-4H2,(H,12,13,14). The second-order valence-electron chi connectivity index (χ2n) is 4.03. The van der Waals surface area contributed by atoms with E-state index in [0.29, 0.717) is 5.92 Å². The van der Waals surface area contributed by atoms with Gasteiger partial charge >= 0.3 is 0 Å². The minimum atomic E-state index is -4.04. The summed E-state index contributed by atoms with van der Waals surface area (Å²) in [6, 6.07) is 6.56. The molecular formula is C11H14O3S. The summed E-state index contributed by atoms with van der Waals surface area (Å²) in [5.41, 5.74) is 1.18. The van der Waals surface area contributed by atoms with E-state index in [1.165, 1.54) is 43.4 Å². The van der Waals surface area contributed by atoms with Gasteiger partial charge in [0, 0.05) is 0 Å². The van der Waals surface area contributed by atoms with E-state index in [4.69, 9.17) is 4.55 Å². The van der Waals surface area contributed by atoms with Gasteiger partial charge in [-0.15, -0.1) is 0 Å². The molecule has 1 N–H and O–H groups in total. The van der Waals surface area contributed by atoms with Gasteiger partial charge in [0.2, 0.25) is 0 Å². The van der Waals surface area contributed by atoms with Gasteiger partial charge in [0.15, 0.2) is 0 Å². The highest BCUT2D eigenvalue weighted by Crippen LogP contribution is 2.34. The summed E-state index contributed by atoms with van der Waals surface area (Å²) >= 11 is 0. The molecular weight excluding hydrogens is 212 g/mol. The predicted molar refractivity (Wildman–Crippen MR) is 57.5 cm³/mol.